The Hall–Kier alpha value is -1.50. The van der Waals surface area contributed by atoms with Crippen molar-refractivity contribution in [2.75, 3.05) is 13.1 Å². The SMILES string of the molecule is Cc1oc(C)c(C(=O)N2CCC(C(O)C(F)(F)F)CC2)c1C. The topological polar surface area (TPSA) is 53.7 Å². The van der Waals surface area contributed by atoms with Gasteiger partial charge in [-0.2, -0.15) is 13.2 Å². The van der Waals surface area contributed by atoms with Crippen LogP contribution in [0.4, 0.5) is 13.2 Å². The number of alkyl halides is 3. The quantitative estimate of drug-likeness (QED) is 0.912. The molecule has 1 aromatic rings. The number of nitrogens with zero attached hydrogens (tertiary/aromatic N) is 1. The van der Waals surface area contributed by atoms with Crippen LogP contribution in [0.1, 0.15) is 40.3 Å². The van der Waals surface area contributed by atoms with E-state index in [0.717, 1.165) is 5.56 Å². The minimum atomic E-state index is -4.61. The summed E-state index contributed by atoms with van der Waals surface area (Å²) < 4.78 is 43.0. The number of aryl methyl sites for hydroxylation is 2. The van der Waals surface area contributed by atoms with E-state index in [0.29, 0.717) is 17.1 Å². The first kappa shape index (κ1) is 16.9. The number of aliphatic hydroxyl groups is 1. The molecule has 0 radical (unpaired) electrons. The summed E-state index contributed by atoms with van der Waals surface area (Å²) in [6, 6.07) is 0. The number of aliphatic hydroxyl groups excluding tert-OH is 1. The lowest BCUT2D eigenvalue weighted by Gasteiger charge is -2.34. The van der Waals surface area contributed by atoms with E-state index in [9.17, 15) is 23.1 Å². The summed E-state index contributed by atoms with van der Waals surface area (Å²) >= 11 is 0. The summed E-state index contributed by atoms with van der Waals surface area (Å²) in [5.74, 6) is 0.129. The van der Waals surface area contributed by atoms with Crippen molar-refractivity contribution in [2.24, 2.45) is 5.92 Å². The first-order valence-electron chi connectivity index (χ1n) is 7.23. The van der Waals surface area contributed by atoms with Crippen LogP contribution in [0.5, 0.6) is 0 Å². The lowest BCUT2D eigenvalue weighted by atomic mass is 9.90. The van der Waals surface area contributed by atoms with Gasteiger partial charge in [0.1, 0.15) is 11.5 Å². The second-order valence-electron chi connectivity index (χ2n) is 5.83. The lowest BCUT2D eigenvalue weighted by molar-refractivity contribution is -0.222. The van der Waals surface area contributed by atoms with E-state index in [1.807, 2.05) is 0 Å². The highest BCUT2D eigenvalue weighted by molar-refractivity contribution is 5.96. The Balaban J connectivity index is 2.04. The average molecular weight is 319 g/mol. The lowest BCUT2D eigenvalue weighted by Crippen LogP contribution is -2.45. The Bertz CT molecular complexity index is 557. The van der Waals surface area contributed by atoms with Crippen LogP contribution in [0.25, 0.3) is 0 Å². The van der Waals surface area contributed by atoms with Crippen LogP contribution in [0.15, 0.2) is 4.42 Å². The number of furan rings is 1. The van der Waals surface area contributed by atoms with E-state index in [-0.39, 0.29) is 31.8 Å². The third kappa shape index (κ3) is 3.14. The van der Waals surface area contributed by atoms with Gasteiger partial charge >= 0.3 is 6.18 Å². The zero-order chi connectivity index (χ0) is 16.7. The molecule has 22 heavy (non-hydrogen) atoms. The van der Waals surface area contributed by atoms with Gasteiger partial charge in [-0.1, -0.05) is 0 Å². The van der Waals surface area contributed by atoms with E-state index in [4.69, 9.17) is 4.42 Å². The molecule has 0 aromatic carbocycles. The minimum absolute atomic E-state index is 0.140. The molecule has 1 unspecified atom stereocenters. The van der Waals surface area contributed by atoms with E-state index in [2.05, 4.69) is 0 Å². The van der Waals surface area contributed by atoms with Crippen LogP contribution in [0, 0.1) is 26.7 Å². The fraction of sp³-hybridized carbons (Fsp3) is 0.667. The number of piperidine rings is 1. The van der Waals surface area contributed by atoms with Crippen LogP contribution >= 0.6 is 0 Å². The molecule has 1 N–H and O–H groups in total. The third-order valence-corrected chi connectivity index (χ3v) is 4.38. The molecule has 1 saturated heterocycles. The number of carbonyl (C=O) groups is 1. The molecule has 2 heterocycles. The Labute approximate surface area is 126 Å². The van der Waals surface area contributed by atoms with Crippen LogP contribution in [0.2, 0.25) is 0 Å². The molecule has 1 fully saturated rings. The van der Waals surface area contributed by atoms with Crippen molar-refractivity contribution < 1.29 is 27.5 Å². The Morgan fingerprint density at radius 2 is 1.77 bits per heavy atom. The zero-order valence-corrected chi connectivity index (χ0v) is 12.8. The van der Waals surface area contributed by atoms with Gasteiger partial charge in [0.05, 0.1) is 5.56 Å². The van der Waals surface area contributed by atoms with Crippen molar-refractivity contribution in [3.05, 3.63) is 22.6 Å². The smallest absolute Gasteiger partial charge is 0.414 e. The largest absolute Gasteiger partial charge is 0.466 e. The van der Waals surface area contributed by atoms with Crippen molar-refractivity contribution in [3.8, 4) is 0 Å². The molecule has 7 heteroatoms. The molecule has 1 amide bonds. The van der Waals surface area contributed by atoms with E-state index >= 15 is 0 Å². The molecular formula is C15H20F3NO3. The van der Waals surface area contributed by atoms with Crippen LogP contribution < -0.4 is 0 Å². The van der Waals surface area contributed by atoms with Crippen molar-refractivity contribution in [1.29, 1.82) is 0 Å². The molecule has 2 rings (SSSR count). The van der Waals surface area contributed by atoms with Crippen LogP contribution in [-0.4, -0.2) is 41.3 Å². The minimum Gasteiger partial charge on any atom is -0.466 e. The average Bonchev–Trinajstić information content (AvgIpc) is 2.70. The predicted molar refractivity (Wildman–Crippen MR) is 73.6 cm³/mol. The van der Waals surface area contributed by atoms with Gasteiger partial charge in [0.2, 0.25) is 0 Å². The molecule has 0 bridgehead atoms. The van der Waals surface area contributed by atoms with E-state index in [1.165, 1.54) is 4.90 Å². The van der Waals surface area contributed by atoms with E-state index in [1.54, 1.807) is 20.8 Å². The number of amides is 1. The van der Waals surface area contributed by atoms with Gasteiger partial charge in [0.25, 0.3) is 5.91 Å². The maximum Gasteiger partial charge on any atom is 0.414 e. The fourth-order valence-corrected chi connectivity index (χ4v) is 2.95. The molecule has 0 spiro atoms. The summed E-state index contributed by atoms with van der Waals surface area (Å²) in [5.41, 5.74) is 1.26. The van der Waals surface area contributed by atoms with E-state index < -0.39 is 18.2 Å². The van der Waals surface area contributed by atoms with Crippen molar-refractivity contribution in [2.45, 2.75) is 45.9 Å². The molecule has 4 nitrogen and oxygen atoms in total. The number of hydrogen-bond acceptors (Lipinski definition) is 3. The van der Waals surface area contributed by atoms with Crippen molar-refractivity contribution >= 4 is 5.91 Å². The Kier molecular flexibility index (Phi) is 4.56. The highest BCUT2D eigenvalue weighted by Crippen LogP contribution is 2.32. The highest BCUT2D eigenvalue weighted by Gasteiger charge is 2.44. The second kappa shape index (κ2) is 5.95. The Morgan fingerprint density at radius 3 is 2.18 bits per heavy atom. The van der Waals surface area contributed by atoms with Gasteiger partial charge in [-0.05, 0) is 39.5 Å². The second-order valence-corrected chi connectivity index (χ2v) is 5.83. The fourth-order valence-electron chi connectivity index (χ4n) is 2.95. The van der Waals surface area contributed by atoms with Crippen LogP contribution in [0.3, 0.4) is 0 Å². The first-order chi connectivity index (χ1) is 10.1. The normalized spacial score (nSPS) is 18.6. The molecule has 0 saturated carbocycles. The number of halogens is 3. The maximum atomic E-state index is 12.5. The maximum absolute atomic E-state index is 12.5. The van der Waals surface area contributed by atoms with Gasteiger partial charge < -0.3 is 14.4 Å². The van der Waals surface area contributed by atoms with Gasteiger partial charge in [-0.25, -0.2) is 0 Å². The molecular weight excluding hydrogens is 299 g/mol. The molecule has 0 aliphatic carbocycles. The molecule has 1 atom stereocenters. The molecule has 1 aromatic heterocycles. The monoisotopic (exact) mass is 319 g/mol. The zero-order valence-electron chi connectivity index (χ0n) is 12.8. The summed E-state index contributed by atoms with van der Waals surface area (Å²) in [4.78, 5) is 14.0. The Morgan fingerprint density at radius 1 is 1.23 bits per heavy atom. The summed E-state index contributed by atoms with van der Waals surface area (Å²) in [6.45, 7) is 5.68. The summed E-state index contributed by atoms with van der Waals surface area (Å²) in [5, 5.41) is 9.30. The van der Waals surface area contributed by atoms with Gasteiger partial charge in [-0.15, -0.1) is 0 Å². The standard InChI is InChI=1S/C15H20F3NO3/c1-8-9(2)22-10(3)12(8)14(21)19-6-4-11(5-7-19)13(20)15(16,17)18/h11,13,20H,4-7H2,1-3H3. The number of hydrogen-bond donors (Lipinski definition) is 1. The summed E-state index contributed by atoms with van der Waals surface area (Å²) in [7, 11) is 0. The highest BCUT2D eigenvalue weighted by atomic mass is 19.4. The third-order valence-electron chi connectivity index (χ3n) is 4.38. The predicted octanol–water partition coefficient (Wildman–Crippen LogP) is 2.98. The molecule has 1 aliphatic heterocycles. The number of carbonyl (C=O) groups excluding carboxylic acids is 1. The number of likely N-dealkylation sites (tertiary alicyclic amines) is 1. The first-order valence-corrected chi connectivity index (χ1v) is 7.23. The van der Waals surface area contributed by atoms with Gasteiger partial charge in [-0.3, -0.25) is 4.79 Å². The molecule has 124 valence electrons. The van der Waals surface area contributed by atoms with Gasteiger partial charge in [0.15, 0.2) is 6.10 Å². The number of rotatable bonds is 2. The van der Waals surface area contributed by atoms with Gasteiger partial charge in [0, 0.05) is 18.7 Å². The summed E-state index contributed by atoms with van der Waals surface area (Å²) in [6.07, 6.45) is -6.64. The van der Waals surface area contributed by atoms with Crippen LogP contribution in [-0.2, 0) is 0 Å². The van der Waals surface area contributed by atoms with Crippen molar-refractivity contribution in [1.82, 2.24) is 4.90 Å². The van der Waals surface area contributed by atoms with Crippen molar-refractivity contribution in [3.63, 3.8) is 0 Å². The molecule has 1 aliphatic rings.